The minimum absolute atomic E-state index is 0.0512. The molecular formula is C28H37N5O4S. The highest BCUT2D eigenvalue weighted by Crippen LogP contribution is 2.46. The molecule has 1 aromatic heterocycles. The molecule has 0 radical (unpaired) electrons. The van der Waals surface area contributed by atoms with Crippen molar-refractivity contribution in [3.05, 3.63) is 36.0 Å². The highest BCUT2D eigenvalue weighted by atomic mass is 32.1. The fraction of sp³-hybridized carbons (Fsp3) is 0.571. The van der Waals surface area contributed by atoms with Crippen LogP contribution in [0.1, 0.15) is 63.4 Å². The van der Waals surface area contributed by atoms with Gasteiger partial charge in [-0.2, -0.15) is 0 Å². The predicted octanol–water partition coefficient (Wildman–Crippen LogP) is 4.36. The van der Waals surface area contributed by atoms with Crippen molar-refractivity contribution in [1.82, 2.24) is 20.1 Å². The zero-order valence-electron chi connectivity index (χ0n) is 22.4. The Morgan fingerprint density at radius 3 is 2.55 bits per heavy atom. The number of hydrogen-bond acceptors (Lipinski definition) is 7. The monoisotopic (exact) mass is 539 g/mol. The summed E-state index contributed by atoms with van der Waals surface area (Å²) in [5.41, 5.74) is 0.387. The Hall–Kier alpha value is -2.98. The number of piperidine rings is 2. The molecule has 2 N–H and O–H groups in total. The SMILES string of the molecule is CCNC(=O)Nc1sc(-c2ccccc2)nc1C(=O)N1CCC(N2CCCC3(C2)CC(C)(C)OC3=O)CC1. The van der Waals surface area contributed by atoms with Crippen molar-refractivity contribution < 1.29 is 19.1 Å². The predicted molar refractivity (Wildman–Crippen MR) is 147 cm³/mol. The number of aromatic nitrogens is 1. The number of esters is 1. The first kappa shape index (κ1) is 26.6. The average Bonchev–Trinajstić information content (AvgIpc) is 3.41. The minimum atomic E-state index is -0.401. The molecule has 204 valence electrons. The molecule has 3 aliphatic rings. The molecule has 0 aliphatic carbocycles. The van der Waals surface area contributed by atoms with Gasteiger partial charge in [0, 0.05) is 44.2 Å². The average molecular weight is 540 g/mol. The Bertz CT molecular complexity index is 1190. The van der Waals surface area contributed by atoms with Crippen LogP contribution in [0.25, 0.3) is 10.6 Å². The fourth-order valence-corrected chi connectivity index (χ4v) is 7.18. The number of carbonyl (C=O) groups excluding carboxylic acids is 3. The van der Waals surface area contributed by atoms with Gasteiger partial charge >= 0.3 is 12.0 Å². The largest absolute Gasteiger partial charge is 0.459 e. The van der Waals surface area contributed by atoms with Gasteiger partial charge in [0.25, 0.3) is 5.91 Å². The van der Waals surface area contributed by atoms with E-state index in [2.05, 4.69) is 20.5 Å². The molecule has 0 saturated carbocycles. The van der Waals surface area contributed by atoms with Crippen LogP contribution in [0.4, 0.5) is 9.80 Å². The number of hydrogen-bond donors (Lipinski definition) is 2. The molecule has 1 spiro atoms. The molecular weight excluding hydrogens is 502 g/mol. The summed E-state index contributed by atoms with van der Waals surface area (Å²) in [7, 11) is 0. The molecule has 9 nitrogen and oxygen atoms in total. The third-order valence-corrected chi connectivity index (χ3v) is 8.88. The van der Waals surface area contributed by atoms with Crippen LogP contribution < -0.4 is 10.6 Å². The van der Waals surface area contributed by atoms with E-state index >= 15 is 0 Å². The molecule has 3 fully saturated rings. The first-order chi connectivity index (χ1) is 18.2. The van der Waals surface area contributed by atoms with Gasteiger partial charge in [-0.3, -0.25) is 19.8 Å². The maximum Gasteiger partial charge on any atom is 0.319 e. The zero-order chi connectivity index (χ0) is 26.9. The van der Waals surface area contributed by atoms with Crippen molar-refractivity contribution in [2.45, 2.75) is 64.5 Å². The molecule has 3 aliphatic heterocycles. The van der Waals surface area contributed by atoms with E-state index < -0.39 is 11.0 Å². The van der Waals surface area contributed by atoms with Gasteiger partial charge in [0.15, 0.2) is 5.69 Å². The molecule has 0 bridgehead atoms. The van der Waals surface area contributed by atoms with E-state index in [4.69, 9.17) is 4.74 Å². The normalized spacial score (nSPS) is 23.9. The molecule has 3 saturated heterocycles. The van der Waals surface area contributed by atoms with Gasteiger partial charge < -0.3 is 15.0 Å². The van der Waals surface area contributed by atoms with E-state index in [0.717, 1.165) is 50.8 Å². The van der Waals surface area contributed by atoms with E-state index in [0.29, 0.717) is 35.7 Å². The Morgan fingerprint density at radius 2 is 1.89 bits per heavy atom. The van der Waals surface area contributed by atoms with Gasteiger partial charge in [-0.1, -0.05) is 41.7 Å². The van der Waals surface area contributed by atoms with Gasteiger partial charge in [-0.05, 0) is 53.0 Å². The number of ether oxygens (including phenoxy) is 1. The van der Waals surface area contributed by atoms with Gasteiger partial charge in [0.05, 0.1) is 5.41 Å². The highest BCUT2D eigenvalue weighted by molar-refractivity contribution is 7.19. The molecule has 1 aromatic carbocycles. The van der Waals surface area contributed by atoms with Crippen LogP contribution in [0.15, 0.2) is 30.3 Å². The third kappa shape index (κ3) is 5.42. The minimum Gasteiger partial charge on any atom is -0.459 e. The molecule has 3 amide bonds. The van der Waals surface area contributed by atoms with Crippen molar-refractivity contribution in [1.29, 1.82) is 0 Å². The highest BCUT2D eigenvalue weighted by Gasteiger charge is 2.54. The van der Waals surface area contributed by atoms with E-state index in [9.17, 15) is 14.4 Å². The number of carbonyl (C=O) groups is 3. The Morgan fingerprint density at radius 1 is 1.16 bits per heavy atom. The molecule has 1 unspecified atom stereocenters. The smallest absolute Gasteiger partial charge is 0.319 e. The van der Waals surface area contributed by atoms with Crippen LogP contribution in [0.3, 0.4) is 0 Å². The van der Waals surface area contributed by atoms with Crippen molar-refractivity contribution in [3.8, 4) is 10.6 Å². The summed E-state index contributed by atoms with van der Waals surface area (Å²) in [6, 6.07) is 9.66. The van der Waals surface area contributed by atoms with Crippen molar-refractivity contribution in [2.75, 3.05) is 38.0 Å². The number of thiazole rings is 1. The van der Waals surface area contributed by atoms with Gasteiger partial charge in [0.2, 0.25) is 0 Å². The summed E-state index contributed by atoms with van der Waals surface area (Å²) >= 11 is 1.31. The zero-order valence-corrected chi connectivity index (χ0v) is 23.2. The number of rotatable bonds is 5. The number of urea groups is 1. The van der Waals surface area contributed by atoms with Gasteiger partial charge in [-0.15, -0.1) is 0 Å². The van der Waals surface area contributed by atoms with Crippen molar-refractivity contribution >= 4 is 34.2 Å². The fourth-order valence-electron chi connectivity index (χ4n) is 6.22. The van der Waals surface area contributed by atoms with E-state index in [-0.39, 0.29) is 23.6 Å². The first-order valence-electron chi connectivity index (χ1n) is 13.6. The lowest BCUT2D eigenvalue weighted by atomic mass is 9.74. The van der Waals surface area contributed by atoms with E-state index in [1.807, 2.05) is 56.0 Å². The van der Waals surface area contributed by atoms with E-state index in [1.54, 1.807) is 0 Å². The number of amides is 3. The van der Waals surface area contributed by atoms with E-state index in [1.165, 1.54) is 11.3 Å². The quantitative estimate of drug-likeness (QED) is 0.547. The standard InChI is InChI=1S/C28H37N5O4S/c1-4-29-26(36)31-23-21(30-22(38-23)19-9-6-5-7-10-19)24(34)32-15-11-20(12-16-32)33-14-8-13-28(18-33)17-27(2,3)37-25(28)35/h5-7,9-10,20H,4,8,11-18H2,1-3H3,(H2,29,31,36). The second-order valence-corrected chi connectivity index (χ2v) is 12.3. The lowest BCUT2D eigenvalue weighted by molar-refractivity contribution is -0.154. The molecule has 1 atom stereocenters. The topological polar surface area (TPSA) is 104 Å². The van der Waals surface area contributed by atoms with Crippen LogP contribution in [-0.4, -0.2) is 77.1 Å². The number of benzene rings is 1. The Labute approximate surface area is 227 Å². The maximum absolute atomic E-state index is 13.6. The number of nitrogens with zero attached hydrogens (tertiary/aromatic N) is 3. The third-order valence-electron chi connectivity index (χ3n) is 7.86. The van der Waals surface area contributed by atoms with Crippen LogP contribution in [0.2, 0.25) is 0 Å². The summed E-state index contributed by atoms with van der Waals surface area (Å²) in [5, 5.41) is 6.71. The number of likely N-dealkylation sites (tertiary alicyclic amines) is 2. The second-order valence-electron chi connectivity index (χ2n) is 11.3. The lowest BCUT2D eigenvalue weighted by Crippen LogP contribution is -2.53. The van der Waals surface area contributed by atoms with Crippen LogP contribution in [0, 0.1) is 5.41 Å². The van der Waals surface area contributed by atoms with Crippen LogP contribution >= 0.6 is 11.3 Å². The van der Waals surface area contributed by atoms with Crippen LogP contribution in [0.5, 0.6) is 0 Å². The van der Waals surface area contributed by atoms with Gasteiger partial charge in [-0.25, -0.2) is 9.78 Å². The molecule has 38 heavy (non-hydrogen) atoms. The van der Waals surface area contributed by atoms with Gasteiger partial charge in [0.1, 0.15) is 15.6 Å². The summed E-state index contributed by atoms with van der Waals surface area (Å²) in [6.45, 7) is 9.27. The number of nitrogens with one attached hydrogen (secondary N) is 2. The molecule has 4 heterocycles. The first-order valence-corrected chi connectivity index (χ1v) is 14.4. The lowest BCUT2D eigenvalue weighted by Gasteiger charge is -2.44. The van der Waals surface area contributed by atoms with Crippen molar-refractivity contribution in [2.24, 2.45) is 5.41 Å². The van der Waals surface area contributed by atoms with Crippen LogP contribution in [-0.2, 0) is 9.53 Å². The second kappa shape index (κ2) is 10.6. The molecule has 10 heteroatoms. The number of cyclic esters (lactones) is 1. The Kier molecular flexibility index (Phi) is 7.46. The Balaban J connectivity index is 1.27. The van der Waals surface area contributed by atoms with Crippen molar-refractivity contribution in [3.63, 3.8) is 0 Å². The maximum atomic E-state index is 13.6. The number of anilines is 1. The molecule has 5 rings (SSSR count). The summed E-state index contributed by atoms with van der Waals surface area (Å²) in [5.74, 6) is -0.213. The summed E-state index contributed by atoms with van der Waals surface area (Å²) < 4.78 is 5.70. The summed E-state index contributed by atoms with van der Waals surface area (Å²) in [6.07, 6.45) is 4.32. The summed E-state index contributed by atoms with van der Waals surface area (Å²) in [4.78, 5) is 47.7. The molecule has 2 aromatic rings.